The molecule has 2 aliphatic rings. The first-order valence-corrected chi connectivity index (χ1v) is 10.2. The molecule has 0 aliphatic carbocycles. The average molecular weight is 405 g/mol. The normalized spacial score (nSPS) is 20.4. The lowest BCUT2D eigenvalue weighted by Crippen LogP contribution is -2.39. The van der Waals surface area contributed by atoms with Gasteiger partial charge in [0.25, 0.3) is 0 Å². The first kappa shape index (κ1) is 18.9. The second kappa shape index (κ2) is 7.97. The number of hydrogen-bond acceptors (Lipinski definition) is 5. The zero-order valence-electron chi connectivity index (χ0n) is 16.8. The minimum atomic E-state index is -0.110. The summed E-state index contributed by atoms with van der Waals surface area (Å²) < 4.78 is 12.3. The van der Waals surface area contributed by atoms with E-state index in [0.29, 0.717) is 18.6 Å². The largest absolute Gasteiger partial charge is 0.493 e. The maximum Gasteiger partial charge on any atom is 0.205 e. The van der Waals surface area contributed by atoms with Gasteiger partial charge in [0.15, 0.2) is 0 Å². The molecule has 150 valence electrons. The number of aliphatic imine (C=N–C) groups is 1. The second-order valence-corrected chi connectivity index (χ2v) is 7.81. The van der Waals surface area contributed by atoms with Crippen LogP contribution in [0, 0.1) is 28.7 Å². The lowest BCUT2D eigenvalue weighted by atomic mass is 9.86. The lowest BCUT2D eigenvalue weighted by Gasteiger charge is -2.35. The summed E-state index contributed by atoms with van der Waals surface area (Å²) in [7, 11) is 0. The zero-order chi connectivity index (χ0) is 21.2. The van der Waals surface area contributed by atoms with Gasteiger partial charge in [0.05, 0.1) is 24.0 Å². The molecule has 3 aromatic rings. The molecule has 2 unspecified atom stereocenters. The Morgan fingerprint density at radius 2 is 1.74 bits per heavy atom. The number of fused-ring (bicyclic) bond motifs is 2. The number of hydrogen-bond donors (Lipinski definition) is 0. The monoisotopic (exact) mass is 405 g/mol. The Morgan fingerprint density at radius 1 is 0.871 bits per heavy atom. The first-order chi connectivity index (χ1) is 15.2. The molecule has 5 nitrogen and oxygen atoms in total. The van der Waals surface area contributed by atoms with E-state index in [9.17, 15) is 10.5 Å². The molecular weight excluding hydrogens is 386 g/mol. The van der Waals surface area contributed by atoms with Gasteiger partial charge in [0, 0.05) is 17.9 Å². The predicted octanol–water partition coefficient (Wildman–Crippen LogP) is 4.90. The molecular formula is C26H19N3O2. The van der Waals surface area contributed by atoms with Crippen molar-refractivity contribution in [3.8, 4) is 34.9 Å². The van der Waals surface area contributed by atoms with Crippen LogP contribution in [0.4, 0.5) is 0 Å². The molecule has 0 amide bonds. The third kappa shape index (κ3) is 3.63. The van der Waals surface area contributed by atoms with Gasteiger partial charge >= 0.3 is 0 Å². The van der Waals surface area contributed by atoms with Crippen molar-refractivity contribution in [2.75, 3.05) is 6.61 Å². The molecule has 5 rings (SSSR count). The maximum absolute atomic E-state index is 9.29. The number of benzene rings is 3. The van der Waals surface area contributed by atoms with Crippen LogP contribution >= 0.6 is 0 Å². The van der Waals surface area contributed by atoms with E-state index < -0.39 is 0 Å². The van der Waals surface area contributed by atoms with Crippen molar-refractivity contribution in [1.29, 1.82) is 10.5 Å². The Morgan fingerprint density at radius 3 is 2.61 bits per heavy atom. The average Bonchev–Trinajstić information content (AvgIpc) is 2.83. The molecule has 0 bridgehead atoms. The SMILES string of the molecule is N#CN=C1CC(C2COc3ccccc3C2)Oc2ccc(-c3cccc(C#N)c3)cc21. The quantitative estimate of drug-likeness (QED) is 0.568. The van der Waals surface area contributed by atoms with E-state index in [1.165, 1.54) is 5.56 Å². The highest BCUT2D eigenvalue weighted by atomic mass is 16.5. The van der Waals surface area contributed by atoms with Crippen LogP contribution in [-0.4, -0.2) is 18.4 Å². The fourth-order valence-electron chi connectivity index (χ4n) is 4.33. The van der Waals surface area contributed by atoms with Crippen molar-refractivity contribution in [2.45, 2.75) is 18.9 Å². The van der Waals surface area contributed by atoms with Gasteiger partial charge in [-0.3, -0.25) is 0 Å². The molecule has 2 heterocycles. The fourth-order valence-corrected chi connectivity index (χ4v) is 4.33. The molecule has 2 atom stereocenters. The van der Waals surface area contributed by atoms with Gasteiger partial charge in [0.2, 0.25) is 6.19 Å². The highest BCUT2D eigenvalue weighted by molar-refractivity contribution is 6.05. The van der Waals surface area contributed by atoms with Crippen LogP contribution < -0.4 is 9.47 Å². The minimum Gasteiger partial charge on any atom is -0.493 e. The van der Waals surface area contributed by atoms with Gasteiger partial charge in [-0.15, -0.1) is 0 Å². The van der Waals surface area contributed by atoms with Gasteiger partial charge in [-0.25, -0.2) is 0 Å². The summed E-state index contributed by atoms with van der Waals surface area (Å²) >= 11 is 0. The molecule has 5 heteroatoms. The van der Waals surface area contributed by atoms with Crippen LogP contribution in [0.1, 0.15) is 23.1 Å². The summed E-state index contributed by atoms with van der Waals surface area (Å²) in [5.74, 6) is 1.84. The minimum absolute atomic E-state index is 0.110. The summed E-state index contributed by atoms with van der Waals surface area (Å²) in [5.41, 5.74) is 5.24. The van der Waals surface area contributed by atoms with E-state index in [1.54, 1.807) is 6.07 Å². The van der Waals surface area contributed by atoms with Crippen LogP contribution in [0.5, 0.6) is 11.5 Å². The number of nitrogens with zero attached hydrogens (tertiary/aromatic N) is 3. The third-order valence-electron chi connectivity index (χ3n) is 5.91. The van der Waals surface area contributed by atoms with E-state index in [2.05, 4.69) is 17.1 Å². The van der Waals surface area contributed by atoms with E-state index in [-0.39, 0.29) is 12.0 Å². The zero-order valence-corrected chi connectivity index (χ0v) is 16.8. The molecule has 3 aromatic carbocycles. The van der Waals surface area contributed by atoms with E-state index in [1.807, 2.05) is 60.8 Å². The fraction of sp³-hybridized carbons (Fsp3) is 0.192. The maximum atomic E-state index is 9.29. The number of nitriles is 2. The summed E-state index contributed by atoms with van der Waals surface area (Å²) in [4.78, 5) is 4.13. The first-order valence-electron chi connectivity index (χ1n) is 10.2. The summed E-state index contributed by atoms with van der Waals surface area (Å²) in [6.07, 6.45) is 3.27. The topological polar surface area (TPSA) is 78.4 Å². The lowest BCUT2D eigenvalue weighted by molar-refractivity contribution is 0.0848. The van der Waals surface area contributed by atoms with Crippen LogP contribution in [0.25, 0.3) is 11.1 Å². The highest BCUT2D eigenvalue weighted by Gasteiger charge is 2.34. The van der Waals surface area contributed by atoms with Crippen molar-refractivity contribution >= 4 is 5.71 Å². The Labute approximate surface area is 180 Å². The molecule has 0 fully saturated rings. The molecule has 0 aromatic heterocycles. The smallest absolute Gasteiger partial charge is 0.205 e. The van der Waals surface area contributed by atoms with Gasteiger partial charge in [-0.05, 0) is 53.4 Å². The molecule has 0 saturated heterocycles. The van der Waals surface area contributed by atoms with Gasteiger partial charge in [-0.1, -0.05) is 36.4 Å². The van der Waals surface area contributed by atoms with Crippen molar-refractivity contribution in [3.63, 3.8) is 0 Å². The number of rotatable bonds is 2. The Kier molecular flexibility index (Phi) is 4.86. The molecule has 31 heavy (non-hydrogen) atoms. The molecule has 0 radical (unpaired) electrons. The van der Waals surface area contributed by atoms with Crippen LogP contribution in [0.15, 0.2) is 71.7 Å². The van der Waals surface area contributed by atoms with Gasteiger partial charge in [-0.2, -0.15) is 15.5 Å². The molecule has 2 aliphatic heterocycles. The number of ether oxygens (including phenoxy) is 2. The van der Waals surface area contributed by atoms with Crippen LogP contribution in [0.2, 0.25) is 0 Å². The Bertz CT molecular complexity index is 1270. The summed E-state index contributed by atoms with van der Waals surface area (Å²) in [6.45, 7) is 0.579. The van der Waals surface area contributed by atoms with Crippen molar-refractivity contribution < 1.29 is 9.47 Å². The van der Waals surface area contributed by atoms with Crippen molar-refractivity contribution in [1.82, 2.24) is 0 Å². The van der Waals surface area contributed by atoms with E-state index in [4.69, 9.17) is 9.47 Å². The number of para-hydroxylation sites is 1. The highest BCUT2D eigenvalue weighted by Crippen LogP contribution is 2.37. The van der Waals surface area contributed by atoms with Crippen LogP contribution in [0.3, 0.4) is 0 Å². The van der Waals surface area contributed by atoms with E-state index in [0.717, 1.165) is 40.3 Å². The summed E-state index contributed by atoms with van der Waals surface area (Å²) in [6, 6.07) is 23.6. The molecule has 0 spiro atoms. The van der Waals surface area contributed by atoms with Gasteiger partial charge < -0.3 is 9.47 Å². The Hall–Kier alpha value is -4.09. The molecule has 0 N–H and O–H groups in total. The summed E-state index contributed by atoms with van der Waals surface area (Å²) in [5, 5.41) is 18.5. The van der Waals surface area contributed by atoms with Crippen LogP contribution in [-0.2, 0) is 6.42 Å². The Balaban J connectivity index is 1.46. The third-order valence-corrected chi connectivity index (χ3v) is 5.91. The van der Waals surface area contributed by atoms with E-state index >= 15 is 0 Å². The van der Waals surface area contributed by atoms with Crippen molar-refractivity contribution in [2.24, 2.45) is 10.9 Å². The molecule has 0 saturated carbocycles. The van der Waals surface area contributed by atoms with Crippen molar-refractivity contribution in [3.05, 3.63) is 83.4 Å². The predicted molar refractivity (Wildman–Crippen MR) is 117 cm³/mol. The second-order valence-electron chi connectivity index (χ2n) is 7.81. The van der Waals surface area contributed by atoms with Gasteiger partial charge in [0.1, 0.15) is 17.6 Å². The standard InChI is InChI=1S/C26H19N3O2/c27-14-17-4-3-6-18(10-17)19-8-9-25-22(12-19)23(29-16-28)13-26(31-25)21-11-20-5-1-2-7-24(20)30-15-21/h1-10,12,21,26H,11,13,15H2.